The summed E-state index contributed by atoms with van der Waals surface area (Å²) in [5.74, 6) is -0.297. The Morgan fingerprint density at radius 1 is 1.43 bits per heavy atom. The molecule has 0 saturated heterocycles. The second-order valence-corrected chi connectivity index (χ2v) is 10.5. The van der Waals surface area contributed by atoms with Crippen molar-refractivity contribution >= 4 is 54.9 Å². The van der Waals surface area contributed by atoms with Crippen molar-refractivity contribution in [2.24, 2.45) is 7.05 Å². The van der Waals surface area contributed by atoms with Gasteiger partial charge in [-0.2, -0.15) is 0 Å². The molecule has 0 bridgehead atoms. The Hall–Kier alpha value is -1.75. The van der Waals surface area contributed by atoms with Crippen LogP contribution in [0.3, 0.4) is 0 Å². The number of benzene rings is 1. The van der Waals surface area contributed by atoms with E-state index in [2.05, 4.69) is 20.9 Å². The van der Waals surface area contributed by atoms with E-state index in [4.69, 9.17) is 4.74 Å². The Bertz CT molecular complexity index is 1140. The van der Waals surface area contributed by atoms with Crippen LogP contribution in [0.4, 0.5) is 0 Å². The molecule has 1 aromatic carbocycles. The molecule has 0 saturated carbocycles. The lowest BCUT2D eigenvalue weighted by atomic mass is 10.0. The maximum atomic E-state index is 13.0. The molecule has 3 rings (SSSR count). The van der Waals surface area contributed by atoms with Crippen molar-refractivity contribution in [3.8, 4) is 5.75 Å². The van der Waals surface area contributed by atoms with Crippen molar-refractivity contribution in [3.05, 3.63) is 38.4 Å². The molecule has 7 nitrogen and oxygen atoms in total. The highest BCUT2D eigenvalue weighted by Crippen LogP contribution is 2.40. The number of ether oxygens (including phenoxy) is 1. The molecule has 0 spiro atoms. The zero-order valence-corrected chi connectivity index (χ0v) is 20.7. The van der Waals surface area contributed by atoms with E-state index in [1.54, 1.807) is 13.0 Å². The van der Waals surface area contributed by atoms with Crippen LogP contribution in [0.25, 0.3) is 10.9 Å². The van der Waals surface area contributed by atoms with Gasteiger partial charge in [-0.25, -0.2) is 9.78 Å². The van der Waals surface area contributed by atoms with Crippen LogP contribution in [0.1, 0.15) is 34.2 Å². The number of esters is 1. The number of halogens is 1. The van der Waals surface area contributed by atoms with E-state index in [-0.39, 0.29) is 18.1 Å². The summed E-state index contributed by atoms with van der Waals surface area (Å²) in [6.45, 7) is 4.24. The van der Waals surface area contributed by atoms with Crippen molar-refractivity contribution < 1.29 is 18.8 Å². The highest BCUT2D eigenvalue weighted by molar-refractivity contribution is 9.10. The van der Waals surface area contributed by atoms with Gasteiger partial charge in [0.15, 0.2) is 4.34 Å². The van der Waals surface area contributed by atoms with Crippen LogP contribution in [0.2, 0.25) is 0 Å². The van der Waals surface area contributed by atoms with Crippen molar-refractivity contribution in [1.29, 1.82) is 0 Å². The van der Waals surface area contributed by atoms with Crippen LogP contribution in [-0.4, -0.2) is 50.4 Å². The van der Waals surface area contributed by atoms with Gasteiger partial charge in [0.05, 0.1) is 38.7 Å². The summed E-state index contributed by atoms with van der Waals surface area (Å²) in [6.07, 6.45) is 0. The third-order valence-corrected chi connectivity index (χ3v) is 7.87. The number of phenolic OH excluding ortho intramolecular Hbond substituents is 1. The molecule has 30 heavy (non-hydrogen) atoms. The minimum atomic E-state index is -1.42. The summed E-state index contributed by atoms with van der Waals surface area (Å²) >= 11 is 4.76. The summed E-state index contributed by atoms with van der Waals surface area (Å²) in [5, 5.41) is 13.2. The average Bonchev–Trinajstić information content (AvgIpc) is 3.22. The number of thiazole rings is 1. The fourth-order valence-corrected chi connectivity index (χ4v) is 6.05. The van der Waals surface area contributed by atoms with E-state index in [1.165, 1.54) is 11.3 Å². The number of fused-ring (bicyclic) bond motifs is 1. The number of aromatic nitrogens is 2. The normalized spacial score (nSPS) is 12.6. The Kier molecular flexibility index (Phi) is 7.01. The van der Waals surface area contributed by atoms with Gasteiger partial charge in [0.2, 0.25) is 0 Å². The molecule has 2 heterocycles. The van der Waals surface area contributed by atoms with Crippen LogP contribution < -0.4 is 0 Å². The van der Waals surface area contributed by atoms with Gasteiger partial charge < -0.3 is 19.3 Å². The van der Waals surface area contributed by atoms with E-state index in [0.717, 1.165) is 11.2 Å². The van der Waals surface area contributed by atoms with Gasteiger partial charge in [-0.05, 0) is 49.9 Å². The molecule has 1 unspecified atom stereocenters. The topological polar surface area (TPSA) is 84.7 Å². The SMILES string of the molecule is CCOC(=O)c1c(CS(=O)c2nc(C)cs2)n(C)c2cc(Br)c(O)c(CN(C)C)c12. The number of rotatable bonds is 7. The number of aryl methyl sites for hydroxylation is 2. The summed E-state index contributed by atoms with van der Waals surface area (Å²) in [6, 6.07) is 1.77. The van der Waals surface area contributed by atoms with Gasteiger partial charge >= 0.3 is 5.97 Å². The summed E-state index contributed by atoms with van der Waals surface area (Å²) in [4.78, 5) is 19.2. The highest BCUT2D eigenvalue weighted by Gasteiger charge is 2.28. The van der Waals surface area contributed by atoms with Crippen LogP contribution in [0, 0.1) is 6.92 Å². The summed E-state index contributed by atoms with van der Waals surface area (Å²) in [5.41, 5.74) is 3.11. The molecule has 3 aromatic rings. The molecule has 0 fully saturated rings. The first-order chi connectivity index (χ1) is 14.1. The molecule has 1 atom stereocenters. The zero-order chi connectivity index (χ0) is 22.2. The van der Waals surface area contributed by atoms with Gasteiger partial charge in [0.1, 0.15) is 5.75 Å². The third-order valence-electron chi connectivity index (χ3n) is 4.65. The van der Waals surface area contributed by atoms with Gasteiger partial charge in [0.25, 0.3) is 0 Å². The quantitative estimate of drug-likeness (QED) is 0.481. The van der Waals surface area contributed by atoms with Crippen LogP contribution in [0.15, 0.2) is 20.3 Å². The van der Waals surface area contributed by atoms with Gasteiger partial charge in [0, 0.05) is 41.3 Å². The van der Waals surface area contributed by atoms with Crippen molar-refractivity contribution in [2.75, 3.05) is 20.7 Å². The summed E-state index contributed by atoms with van der Waals surface area (Å²) < 4.78 is 21.3. The number of aromatic hydroxyl groups is 1. The van der Waals surface area contributed by atoms with E-state index in [0.29, 0.717) is 37.6 Å². The minimum Gasteiger partial charge on any atom is -0.506 e. The minimum absolute atomic E-state index is 0.0792. The van der Waals surface area contributed by atoms with Crippen LogP contribution >= 0.6 is 27.3 Å². The van der Waals surface area contributed by atoms with Crippen LogP contribution in [-0.2, 0) is 34.9 Å². The van der Waals surface area contributed by atoms with Crippen molar-refractivity contribution in [2.45, 2.75) is 30.5 Å². The first-order valence-corrected chi connectivity index (χ1v) is 12.3. The lowest BCUT2D eigenvalue weighted by molar-refractivity contribution is 0.0527. The molecule has 0 amide bonds. The van der Waals surface area contributed by atoms with E-state index >= 15 is 0 Å². The standard InChI is InChI=1S/C20H24BrN3O4S2/c1-6-28-19(26)17-15(10-30(27)20-22-11(2)9-29-20)24(5)14-7-13(21)18(25)12(16(14)17)8-23(3)4/h7,9,25H,6,8,10H2,1-5H3. The predicted octanol–water partition coefficient (Wildman–Crippen LogP) is 3.96. The maximum absolute atomic E-state index is 13.0. The van der Waals surface area contributed by atoms with Crippen LogP contribution in [0.5, 0.6) is 5.75 Å². The molecule has 0 aliphatic carbocycles. The van der Waals surface area contributed by atoms with E-state index in [9.17, 15) is 14.1 Å². The first-order valence-electron chi connectivity index (χ1n) is 9.29. The second kappa shape index (κ2) is 9.17. The first kappa shape index (κ1) is 22.9. The molecule has 1 N–H and O–H groups in total. The predicted molar refractivity (Wildman–Crippen MR) is 123 cm³/mol. The van der Waals surface area contributed by atoms with Gasteiger partial charge in [-0.15, -0.1) is 11.3 Å². The maximum Gasteiger partial charge on any atom is 0.340 e. The fourth-order valence-electron chi connectivity index (χ4n) is 3.36. The Morgan fingerprint density at radius 3 is 2.70 bits per heavy atom. The molecule has 10 heteroatoms. The molecule has 0 radical (unpaired) electrons. The number of carbonyl (C=O) groups is 1. The molecule has 0 aliphatic heterocycles. The highest BCUT2D eigenvalue weighted by atomic mass is 79.9. The molecular weight excluding hydrogens is 490 g/mol. The number of hydrogen-bond acceptors (Lipinski definition) is 7. The largest absolute Gasteiger partial charge is 0.506 e. The molecule has 2 aromatic heterocycles. The van der Waals surface area contributed by atoms with Gasteiger partial charge in [-0.1, -0.05) is 0 Å². The zero-order valence-electron chi connectivity index (χ0n) is 17.5. The Labute approximate surface area is 190 Å². The Morgan fingerprint density at radius 2 is 2.13 bits per heavy atom. The van der Waals surface area contributed by atoms with E-state index < -0.39 is 16.8 Å². The smallest absolute Gasteiger partial charge is 0.340 e. The fraction of sp³-hybridized carbons (Fsp3) is 0.400. The number of carbonyl (C=O) groups excluding carboxylic acids is 1. The monoisotopic (exact) mass is 513 g/mol. The number of hydrogen-bond donors (Lipinski definition) is 1. The Balaban J connectivity index is 2.27. The second-order valence-electron chi connectivity index (χ2n) is 7.16. The summed E-state index contributed by atoms with van der Waals surface area (Å²) in [7, 11) is 4.19. The molecule has 0 aliphatic rings. The lowest BCUT2D eigenvalue weighted by Crippen LogP contribution is -2.13. The molecule has 162 valence electrons. The number of phenols is 1. The van der Waals surface area contributed by atoms with Crippen molar-refractivity contribution in [1.82, 2.24) is 14.5 Å². The molecular formula is C20H24BrN3O4S2. The third kappa shape index (κ3) is 4.32. The van der Waals surface area contributed by atoms with Crippen molar-refractivity contribution in [3.63, 3.8) is 0 Å². The van der Waals surface area contributed by atoms with E-state index in [1.807, 2.05) is 42.9 Å². The lowest BCUT2D eigenvalue weighted by Gasteiger charge is -2.15. The van der Waals surface area contributed by atoms with Gasteiger partial charge in [-0.3, -0.25) is 4.21 Å². The average molecular weight is 514 g/mol. The number of nitrogens with zero attached hydrogens (tertiary/aromatic N) is 3.